The second-order valence-electron chi connectivity index (χ2n) is 3.18. The number of unbranched alkanes of at least 4 members (excludes halogenated alkanes) is 2. The first kappa shape index (κ1) is 9.30. The van der Waals surface area contributed by atoms with Gasteiger partial charge in [0.1, 0.15) is 0 Å². The Morgan fingerprint density at radius 2 is 2.17 bits per heavy atom. The van der Waals surface area contributed by atoms with Crippen molar-refractivity contribution < 1.29 is 0 Å². The quantitative estimate of drug-likeness (QED) is 0.669. The molecule has 0 bridgehead atoms. The molecular weight excluding hydrogens is 148 g/mol. The van der Waals surface area contributed by atoms with E-state index in [9.17, 15) is 0 Å². The molecule has 2 heteroatoms. The molecule has 1 aromatic rings. The van der Waals surface area contributed by atoms with Crippen LogP contribution >= 0.6 is 0 Å². The van der Waals surface area contributed by atoms with Crippen molar-refractivity contribution in [2.45, 2.75) is 46.0 Å². The van der Waals surface area contributed by atoms with Crippen LogP contribution in [0.3, 0.4) is 0 Å². The van der Waals surface area contributed by atoms with E-state index >= 15 is 0 Å². The summed E-state index contributed by atoms with van der Waals surface area (Å²) in [5.41, 5.74) is 2.72. The van der Waals surface area contributed by atoms with E-state index in [0.717, 1.165) is 12.8 Å². The minimum atomic E-state index is 1.10. The standard InChI is InChI=1S/C10H18N2/c1-3-5-6-7-10-9(4-2)8-11-12-10/h8H,3-7H2,1-2H3,(H,11,12). The molecule has 2 nitrogen and oxygen atoms in total. The molecule has 0 aliphatic heterocycles. The second kappa shape index (κ2) is 4.96. The fourth-order valence-electron chi connectivity index (χ4n) is 1.41. The highest BCUT2D eigenvalue weighted by Gasteiger charge is 2.01. The normalized spacial score (nSPS) is 10.5. The zero-order valence-corrected chi connectivity index (χ0v) is 8.06. The Morgan fingerprint density at radius 3 is 2.83 bits per heavy atom. The molecule has 0 amide bonds. The van der Waals surface area contributed by atoms with Crippen LogP contribution in [-0.2, 0) is 12.8 Å². The summed E-state index contributed by atoms with van der Waals surface area (Å²) in [7, 11) is 0. The van der Waals surface area contributed by atoms with E-state index < -0.39 is 0 Å². The zero-order chi connectivity index (χ0) is 8.81. The van der Waals surface area contributed by atoms with Crippen LogP contribution in [-0.4, -0.2) is 10.2 Å². The lowest BCUT2D eigenvalue weighted by Gasteiger charge is -1.98. The maximum Gasteiger partial charge on any atom is 0.0522 e. The molecule has 0 spiro atoms. The summed E-state index contributed by atoms with van der Waals surface area (Å²) < 4.78 is 0. The number of hydrogen-bond acceptors (Lipinski definition) is 1. The van der Waals surface area contributed by atoms with Gasteiger partial charge in [0.15, 0.2) is 0 Å². The molecule has 0 aromatic carbocycles. The molecule has 0 aliphatic carbocycles. The van der Waals surface area contributed by atoms with Crippen LogP contribution in [0.1, 0.15) is 44.4 Å². The van der Waals surface area contributed by atoms with Crippen molar-refractivity contribution in [2.24, 2.45) is 0 Å². The summed E-state index contributed by atoms with van der Waals surface area (Å²) in [6.07, 6.45) is 8.10. The van der Waals surface area contributed by atoms with Gasteiger partial charge in [-0.15, -0.1) is 0 Å². The van der Waals surface area contributed by atoms with Gasteiger partial charge in [-0.2, -0.15) is 5.10 Å². The minimum Gasteiger partial charge on any atom is -0.282 e. The number of hydrogen-bond donors (Lipinski definition) is 1. The number of aryl methyl sites for hydroxylation is 2. The third kappa shape index (κ3) is 2.36. The van der Waals surface area contributed by atoms with Crippen LogP contribution in [0, 0.1) is 0 Å². The van der Waals surface area contributed by atoms with Crippen LogP contribution in [0.5, 0.6) is 0 Å². The summed E-state index contributed by atoms with van der Waals surface area (Å²) in [5.74, 6) is 0. The molecule has 1 heterocycles. The number of aromatic nitrogens is 2. The summed E-state index contributed by atoms with van der Waals surface area (Å²) in [4.78, 5) is 0. The Labute approximate surface area is 74.4 Å². The second-order valence-corrected chi connectivity index (χ2v) is 3.18. The van der Waals surface area contributed by atoms with Gasteiger partial charge in [0.2, 0.25) is 0 Å². The van der Waals surface area contributed by atoms with Crippen molar-refractivity contribution in [3.63, 3.8) is 0 Å². The predicted molar refractivity (Wildman–Crippen MR) is 51.2 cm³/mol. The van der Waals surface area contributed by atoms with E-state index in [1.165, 1.54) is 30.5 Å². The summed E-state index contributed by atoms with van der Waals surface area (Å²) in [6.45, 7) is 4.40. The lowest BCUT2D eigenvalue weighted by atomic mass is 10.1. The molecule has 0 unspecified atom stereocenters. The Morgan fingerprint density at radius 1 is 1.33 bits per heavy atom. The zero-order valence-electron chi connectivity index (χ0n) is 8.06. The van der Waals surface area contributed by atoms with Gasteiger partial charge >= 0.3 is 0 Å². The van der Waals surface area contributed by atoms with Gasteiger partial charge in [-0.1, -0.05) is 26.7 Å². The Hall–Kier alpha value is -0.790. The van der Waals surface area contributed by atoms with Crippen molar-refractivity contribution in [1.82, 2.24) is 10.2 Å². The molecule has 0 radical (unpaired) electrons. The van der Waals surface area contributed by atoms with Crippen molar-refractivity contribution >= 4 is 0 Å². The summed E-state index contributed by atoms with van der Waals surface area (Å²) in [6, 6.07) is 0. The maximum absolute atomic E-state index is 4.05. The van der Waals surface area contributed by atoms with E-state index in [4.69, 9.17) is 0 Å². The van der Waals surface area contributed by atoms with Crippen LogP contribution in [0.2, 0.25) is 0 Å². The van der Waals surface area contributed by atoms with Gasteiger partial charge in [0.25, 0.3) is 0 Å². The monoisotopic (exact) mass is 166 g/mol. The van der Waals surface area contributed by atoms with Crippen molar-refractivity contribution in [1.29, 1.82) is 0 Å². The lowest BCUT2D eigenvalue weighted by Crippen LogP contribution is -1.90. The Balaban J connectivity index is 2.39. The van der Waals surface area contributed by atoms with E-state index in [-0.39, 0.29) is 0 Å². The van der Waals surface area contributed by atoms with Crippen molar-refractivity contribution in [2.75, 3.05) is 0 Å². The number of aromatic amines is 1. The number of nitrogens with one attached hydrogen (secondary N) is 1. The fourth-order valence-corrected chi connectivity index (χ4v) is 1.41. The van der Waals surface area contributed by atoms with E-state index in [2.05, 4.69) is 24.0 Å². The first-order valence-corrected chi connectivity index (χ1v) is 4.89. The number of nitrogens with zero attached hydrogens (tertiary/aromatic N) is 1. The van der Waals surface area contributed by atoms with E-state index in [1.54, 1.807) is 0 Å². The summed E-state index contributed by atoms with van der Waals surface area (Å²) >= 11 is 0. The fraction of sp³-hybridized carbons (Fsp3) is 0.700. The van der Waals surface area contributed by atoms with Crippen LogP contribution in [0.4, 0.5) is 0 Å². The highest BCUT2D eigenvalue weighted by atomic mass is 15.1. The maximum atomic E-state index is 4.05. The smallest absolute Gasteiger partial charge is 0.0522 e. The highest BCUT2D eigenvalue weighted by molar-refractivity contribution is 5.15. The molecule has 1 aromatic heterocycles. The number of rotatable bonds is 5. The van der Waals surface area contributed by atoms with Crippen molar-refractivity contribution in [3.8, 4) is 0 Å². The SMILES string of the molecule is CCCCCc1[nH]ncc1CC. The molecule has 0 atom stereocenters. The van der Waals surface area contributed by atoms with Crippen molar-refractivity contribution in [3.05, 3.63) is 17.5 Å². The molecule has 0 saturated carbocycles. The lowest BCUT2D eigenvalue weighted by molar-refractivity contribution is 0.702. The van der Waals surface area contributed by atoms with Crippen LogP contribution in [0.15, 0.2) is 6.20 Å². The topological polar surface area (TPSA) is 28.7 Å². The molecule has 68 valence electrons. The first-order chi connectivity index (χ1) is 5.88. The molecular formula is C10H18N2. The van der Waals surface area contributed by atoms with E-state index in [1.807, 2.05) is 6.20 Å². The predicted octanol–water partition coefficient (Wildman–Crippen LogP) is 2.70. The summed E-state index contributed by atoms with van der Waals surface area (Å²) in [5, 5.41) is 7.11. The molecule has 12 heavy (non-hydrogen) atoms. The first-order valence-electron chi connectivity index (χ1n) is 4.89. The number of H-pyrrole nitrogens is 1. The van der Waals surface area contributed by atoms with E-state index in [0.29, 0.717) is 0 Å². The van der Waals surface area contributed by atoms with Gasteiger partial charge < -0.3 is 0 Å². The third-order valence-corrected chi connectivity index (χ3v) is 2.22. The van der Waals surface area contributed by atoms with Crippen LogP contribution in [0.25, 0.3) is 0 Å². The van der Waals surface area contributed by atoms with Gasteiger partial charge in [-0.05, 0) is 24.8 Å². The van der Waals surface area contributed by atoms with Crippen LogP contribution < -0.4 is 0 Å². The Kier molecular flexibility index (Phi) is 3.85. The molecule has 1 N–H and O–H groups in total. The largest absolute Gasteiger partial charge is 0.282 e. The average molecular weight is 166 g/mol. The van der Waals surface area contributed by atoms with Gasteiger partial charge in [-0.3, -0.25) is 5.10 Å². The molecule has 1 rings (SSSR count). The third-order valence-electron chi connectivity index (χ3n) is 2.22. The van der Waals surface area contributed by atoms with Gasteiger partial charge in [0, 0.05) is 5.69 Å². The highest BCUT2D eigenvalue weighted by Crippen LogP contribution is 2.09. The van der Waals surface area contributed by atoms with Gasteiger partial charge in [0.05, 0.1) is 6.20 Å². The minimum absolute atomic E-state index is 1.10. The molecule has 0 aliphatic rings. The Bertz CT molecular complexity index is 215. The molecule has 0 saturated heterocycles. The molecule has 0 fully saturated rings. The van der Waals surface area contributed by atoms with Gasteiger partial charge in [-0.25, -0.2) is 0 Å². The average Bonchev–Trinajstić information content (AvgIpc) is 2.52.